The molecule has 0 spiro atoms. The van der Waals surface area contributed by atoms with Crippen LogP contribution in [-0.4, -0.2) is 61.2 Å². The molecule has 3 nitrogen and oxygen atoms in total. The van der Waals surface area contributed by atoms with E-state index in [1.807, 2.05) is 0 Å². The van der Waals surface area contributed by atoms with E-state index in [4.69, 9.17) is 0 Å². The minimum atomic E-state index is 0.791. The second-order valence-electron chi connectivity index (χ2n) is 6.58. The number of nitrogens with one attached hydrogen (secondary N) is 1. The number of rotatable bonds is 4. The maximum atomic E-state index is 3.83. The van der Waals surface area contributed by atoms with Gasteiger partial charge in [0.1, 0.15) is 0 Å². The predicted molar refractivity (Wildman–Crippen MR) is 75.9 cm³/mol. The molecule has 0 amide bonds. The normalized spacial score (nSPS) is 38.2. The van der Waals surface area contributed by atoms with E-state index in [-0.39, 0.29) is 0 Å². The van der Waals surface area contributed by atoms with E-state index in [2.05, 4.69) is 22.2 Å². The highest BCUT2D eigenvalue weighted by molar-refractivity contribution is 4.93. The molecule has 2 atom stereocenters. The Balaban J connectivity index is 1.40. The molecule has 2 bridgehead atoms. The van der Waals surface area contributed by atoms with Crippen molar-refractivity contribution < 1.29 is 0 Å². The number of hydrogen-bond acceptors (Lipinski definition) is 3. The van der Waals surface area contributed by atoms with Gasteiger partial charge in [-0.05, 0) is 58.7 Å². The van der Waals surface area contributed by atoms with Crippen LogP contribution >= 0.6 is 0 Å². The van der Waals surface area contributed by atoms with Crippen molar-refractivity contribution in [3.8, 4) is 0 Å². The van der Waals surface area contributed by atoms with Crippen molar-refractivity contribution in [1.82, 2.24) is 15.1 Å². The Morgan fingerprint density at radius 2 is 1.67 bits per heavy atom. The lowest BCUT2D eigenvalue weighted by Gasteiger charge is -2.47. The van der Waals surface area contributed by atoms with Crippen LogP contribution in [0.3, 0.4) is 0 Å². The summed E-state index contributed by atoms with van der Waals surface area (Å²) < 4.78 is 0. The van der Waals surface area contributed by atoms with Crippen LogP contribution in [0.5, 0.6) is 0 Å². The van der Waals surface area contributed by atoms with Crippen molar-refractivity contribution in [2.45, 2.75) is 63.1 Å². The minimum Gasteiger partial charge on any atom is -0.313 e. The molecule has 1 N–H and O–H groups in total. The van der Waals surface area contributed by atoms with E-state index in [9.17, 15) is 0 Å². The number of piperidine rings is 2. The Hall–Kier alpha value is -0.120. The summed E-state index contributed by atoms with van der Waals surface area (Å²) in [6, 6.07) is 2.52. The molecule has 3 aliphatic rings. The van der Waals surface area contributed by atoms with Gasteiger partial charge in [-0.2, -0.15) is 0 Å². The molecule has 3 aliphatic heterocycles. The first-order valence-electron chi connectivity index (χ1n) is 8.00. The molecule has 3 rings (SSSR count). The third kappa shape index (κ3) is 2.89. The predicted octanol–water partition coefficient (Wildman–Crippen LogP) is 1.69. The van der Waals surface area contributed by atoms with Crippen molar-refractivity contribution >= 4 is 0 Å². The van der Waals surface area contributed by atoms with E-state index in [1.165, 1.54) is 71.1 Å². The lowest BCUT2D eigenvalue weighted by Crippen LogP contribution is -2.55. The van der Waals surface area contributed by atoms with Gasteiger partial charge in [0.15, 0.2) is 0 Å². The van der Waals surface area contributed by atoms with Crippen LogP contribution in [0.2, 0.25) is 0 Å². The molecule has 3 heteroatoms. The van der Waals surface area contributed by atoms with E-state index < -0.39 is 0 Å². The molecule has 2 unspecified atom stereocenters. The fraction of sp³-hybridized carbons (Fsp3) is 1.00. The first-order valence-corrected chi connectivity index (χ1v) is 8.00. The Kier molecular flexibility index (Phi) is 4.22. The first-order chi connectivity index (χ1) is 8.83. The number of fused-ring (bicyclic) bond motifs is 2. The highest BCUT2D eigenvalue weighted by Gasteiger charge is 2.35. The largest absolute Gasteiger partial charge is 0.313 e. The van der Waals surface area contributed by atoms with Gasteiger partial charge in [0.2, 0.25) is 0 Å². The summed E-state index contributed by atoms with van der Waals surface area (Å²) in [5, 5.41) is 3.83. The number of nitrogens with zero attached hydrogens (tertiary/aromatic N) is 2. The summed E-state index contributed by atoms with van der Waals surface area (Å²) in [4.78, 5) is 5.27. The van der Waals surface area contributed by atoms with Gasteiger partial charge >= 0.3 is 0 Å². The molecular weight excluding hydrogens is 222 g/mol. The maximum absolute atomic E-state index is 3.83. The lowest BCUT2D eigenvalue weighted by atomic mass is 9.82. The highest BCUT2D eigenvalue weighted by Crippen LogP contribution is 2.32. The molecule has 0 aromatic rings. The minimum absolute atomic E-state index is 0.791. The molecule has 104 valence electrons. The van der Waals surface area contributed by atoms with Gasteiger partial charge in [0.25, 0.3) is 0 Å². The van der Waals surface area contributed by atoms with E-state index in [0.717, 1.165) is 18.1 Å². The van der Waals surface area contributed by atoms with Crippen LogP contribution in [0.4, 0.5) is 0 Å². The summed E-state index contributed by atoms with van der Waals surface area (Å²) in [6.45, 7) is 5.14. The van der Waals surface area contributed by atoms with Gasteiger partial charge in [0, 0.05) is 31.2 Å². The van der Waals surface area contributed by atoms with Crippen molar-refractivity contribution in [2.75, 3.05) is 33.2 Å². The molecular formula is C15H29N3. The van der Waals surface area contributed by atoms with Crippen molar-refractivity contribution in [3.63, 3.8) is 0 Å². The summed E-state index contributed by atoms with van der Waals surface area (Å²) in [7, 11) is 2.34. The van der Waals surface area contributed by atoms with Gasteiger partial charge in [-0.3, -0.25) is 0 Å². The van der Waals surface area contributed by atoms with Crippen molar-refractivity contribution in [3.05, 3.63) is 0 Å². The zero-order valence-corrected chi connectivity index (χ0v) is 11.9. The molecule has 3 saturated heterocycles. The summed E-state index contributed by atoms with van der Waals surface area (Å²) >= 11 is 0. The first kappa shape index (κ1) is 12.9. The molecule has 0 aromatic heterocycles. The van der Waals surface area contributed by atoms with Gasteiger partial charge in [-0.15, -0.1) is 0 Å². The Morgan fingerprint density at radius 1 is 1.00 bits per heavy atom. The zero-order chi connectivity index (χ0) is 12.4. The quantitative estimate of drug-likeness (QED) is 0.820. The second kappa shape index (κ2) is 5.89. The maximum Gasteiger partial charge on any atom is 0.0110 e. The van der Waals surface area contributed by atoms with Gasteiger partial charge in [0.05, 0.1) is 0 Å². The molecule has 3 heterocycles. The summed E-state index contributed by atoms with van der Waals surface area (Å²) in [5.41, 5.74) is 0. The average Bonchev–Trinajstić information content (AvgIpc) is 2.83. The van der Waals surface area contributed by atoms with Gasteiger partial charge in [-0.25, -0.2) is 0 Å². The van der Waals surface area contributed by atoms with Crippen LogP contribution in [0.1, 0.15) is 44.9 Å². The molecule has 0 radical (unpaired) electrons. The summed E-state index contributed by atoms with van der Waals surface area (Å²) in [6.07, 6.45) is 9.91. The lowest BCUT2D eigenvalue weighted by molar-refractivity contribution is 0.0482. The third-order valence-corrected chi connectivity index (χ3v) is 5.40. The number of likely N-dealkylation sites (tertiary alicyclic amines) is 1. The standard InChI is InChI=1S/C15H29N3/c1-17-14-5-4-6-15(17)12-13(11-14)16-7-10-18-8-2-3-9-18/h13-16H,2-12H2,1H3. The molecule has 3 fully saturated rings. The second-order valence-corrected chi connectivity index (χ2v) is 6.58. The Labute approximate surface area is 112 Å². The fourth-order valence-electron chi connectivity index (χ4n) is 4.22. The SMILES string of the molecule is CN1C2CCCC1CC(NCCN1CCCC1)C2. The van der Waals surface area contributed by atoms with Crippen LogP contribution < -0.4 is 5.32 Å². The van der Waals surface area contributed by atoms with Crippen LogP contribution in [-0.2, 0) is 0 Å². The highest BCUT2D eigenvalue weighted by atomic mass is 15.2. The monoisotopic (exact) mass is 251 g/mol. The van der Waals surface area contributed by atoms with E-state index in [1.54, 1.807) is 0 Å². The fourth-order valence-corrected chi connectivity index (χ4v) is 4.22. The number of hydrogen-bond donors (Lipinski definition) is 1. The van der Waals surface area contributed by atoms with Crippen molar-refractivity contribution in [1.29, 1.82) is 0 Å². The van der Waals surface area contributed by atoms with Crippen LogP contribution in [0, 0.1) is 0 Å². The van der Waals surface area contributed by atoms with Crippen LogP contribution in [0.25, 0.3) is 0 Å². The van der Waals surface area contributed by atoms with Crippen LogP contribution in [0.15, 0.2) is 0 Å². The molecule has 0 saturated carbocycles. The Bertz CT molecular complexity index is 248. The van der Waals surface area contributed by atoms with Gasteiger partial charge in [-0.1, -0.05) is 6.42 Å². The molecule has 18 heavy (non-hydrogen) atoms. The average molecular weight is 251 g/mol. The smallest absolute Gasteiger partial charge is 0.0110 e. The Morgan fingerprint density at radius 3 is 2.33 bits per heavy atom. The molecule has 0 aliphatic carbocycles. The topological polar surface area (TPSA) is 18.5 Å². The van der Waals surface area contributed by atoms with Gasteiger partial charge < -0.3 is 15.1 Å². The third-order valence-electron chi connectivity index (χ3n) is 5.40. The molecule has 0 aromatic carbocycles. The van der Waals surface area contributed by atoms with Crippen molar-refractivity contribution in [2.24, 2.45) is 0 Å². The van der Waals surface area contributed by atoms with E-state index >= 15 is 0 Å². The summed E-state index contributed by atoms with van der Waals surface area (Å²) in [5.74, 6) is 0. The zero-order valence-electron chi connectivity index (χ0n) is 11.9. The van der Waals surface area contributed by atoms with E-state index in [0.29, 0.717) is 0 Å².